The van der Waals surface area contributed by atoms with Crippen molar-refractivity contribution in [3.63, 3.8) is 0 Å². The van der Waals surface area contributed by atoms with Crippen molar-refractivity contribution in [2.24, 2.45) is 17.0 Å². The number of aliphatic carboxylic acids is 1. The number of rotatable bonds is 16. The van der Waals surface area contributed by atoms with Crippen molar-refractivity contribution in [2.45, 2.75) is 45.4 Å². The molecule has 1 aromatic carbocycles. The summed E-state index contributed by atoms with van der Waals surface area (Å²) in [5.74, 6) is -1.15. The summed E-state index contributed by atoms with van der Waals surface area (Å²) in [4.78, 5) is 15.3. The summed E-state index contributed by atoms with van der Waals surface area (Å²) in [5, 5.41) is 25.5. The molecule has 0 radical (unpaired) electrons. The van der Waals surface area contributed by atoms with Crippen LogP contribution in [-0.4, -0.2) is 55.3 Å². The van der Waals surface area contributed by atoms with E-state index in [-0.39, 0.29) is 25.6 Å². The van der Waals surface area contributed by atoms with Gasteiger partial charge in [0.1, 0.15) is 5.75 Å². The van der Waals surface area contributed by atoms with Crippen LogP contribution in [0.25, 0.3) is 20.9 Å². The molecule has 0 aliphatic rings. The number of carboxylic acid groups (broad SMARTS) is 1. The number of thiophene rings is 1. The van der Waals surface area contributed by atoms with Gasteiger partial charge in [-0.15, -0.1) is 11.3 Å². The molecule has 1 aromatic heterocycles. The Kier molecular flexibility index (Phi) is 11.9. The van der Waals surface area contributed by atoms with Crippen LogP contribution in [0.4, 0.5) is 0 Å². The lowest BCUT2D eigenvalue weighted by atomic mass is 9.88. The zero-order valence-corrected chi connectivity index (χ0v) is 20.6. The van der Waals surface area contributed by atoms with Crippen LogP contribution in [0.15, 0.2) is 40.8 Å². The molecular formula is C24H33N3O6S. The van der Waals surface area contributed by atoms with E-state index in [1.165, 1.54) is 0 Å². The Morgan fingerprint density at radius 3 is 2.68 bits per heavy atom. The van der Waals surface area contributed by atoms with Crippen LogP contribution in [0, 0.1) is 11.8 Å². The average Bonchev–Trinajstić information content (AvgIpc) is 3.34. The average molecular weight is 492 g/mol. The standard InChI is InChI=1S/C24H33N3O6S/c1-16(2)19(24(29)30)13-21(28)20(26-27-25)15-32-14-17-7-8-18(23-6-4-11-34-23)22(12-17)33-10-5-9-31-3/h4,6-8,11-12,16,19-21,28H,5,9-10,13-15H2,1-3H3,(H,29,30). The van der Waals surface area contributed by atoms with Crippen LogP contribution in [0.3, 0.4) is 0 Å². The van der Waals surface area contributed by atoms with Crippen molar-refractivity contribution >= 4 is 17.3 Å². The van der Waals surface area contributed by atoms with Gasteiger partial charge in [-0.3, -0.25) is 4.79 Å². The number of ether oxygens (including phenoxy) is 3. The molecule has 0 fully saturated rings. The molecule has 2 N–H and O–H groups in total. The number of benzene rings is 1. The normalized spacial score (nSPS) is 13.8. The fraction of sp³-hybridized carbons (Fsp3) is 0.542. The Balaban J connectivity index is 2.04. The van der Waals surface area contributed by atoms with Gasteiger partial charge in [-0.25, -0.2) is 0 Å². The maximum absolute atomic E-state index is 11.4. The number of hydrogen-bond acceptors (Lipinski definition) is 7. The zero-order chi connectivity index (χ0) is 24.9. The highest BCUT2D eigenvalue weighted by Gasteiger charge is 2.28. The molecule has 0 saturated heterocycles. The molecule has 0 aliphatic heterocycles. The zero-order valence-electron chi connectivity index (χ0n) is 19.8. The number of carboxylic acids is 1. The highest BCUT2D eigenvalue weighted by molar-refractivity contribution is 7.13. The van der Waals surface area contributed by atoms with Crippen LogP contribution in [-0.2, 0) is 20.9 Å². The molecule has 3 atom stereocenters. The highest BCUT2D eigenvalue weighted by Crippen LogP contribution is 2.34. The quantitative estimate of drug-likeness (QED) is 0.145. The van der Waals surface area contributed by atoms with Crippen LogP contribution < -0.4 is 4.74 Å². The van der Waals surface area contributed by atoms with Crippen LogP contribution in [0.5, 0.6) is 5.75 Å². The van der Waals surface area contributed by atoms with Gasteiger partial charge < -0.3 is 24.4 Å². The number of carbonyl (C=O) groups is 1. The number of azide groups is 1. The molecule has 0 aliphatic carbocycles. The minimum atomic E-state index is -1.12. The lowest BCUT2D eigenvalue weighted by molar-refractivity contribution is -0.144. The maximum Gasteiger partial charge on any atom is 0.306 e. The summed E-state index contributed by atoms with van der Waals surface area (Å²) in [6.45, 7) is 4.86. The first-order valence-corrected chi connectivity index (χ1v) is 12.1. The van der Waals surface area contributed by atoms with Crippen LogP contribution in [0.2, 0.25) is 0 Å². The molecule has 0 bridgehead atoms. The summed E-state index contributed by atoms with van der Waals surface area (Å²) in [6, 6.07) is 8.97. The van der Waals surface area contributed by atoms with Gasteiger partial charge in [0.25, 0.3) is 0 Å². The first kappa shape index (κ1) is 27.6. The Labute approximate surface area is 203 Å². The summed E-state index contributed by atoms with van der Waals surface area (Å²) in [5.41, 5.74) is 10.7. The fourth-order valence-electron chi connectivity index (χ4n) is 3.46. The highest BCUT2D eigenvalue weighted by atomic mass is 32.1. The van der Waals surface area contributed by atoms with Gasteiger partial charge in [0.15, 0.2) is 0 Å². The minimum Gasteiger partial charge on any atom is -0.493 e. The van der Waals surface area contributed by atoms with E-state index in [0.29, 0.717) is 13.2 Å². The molecule has 1 heterocycles. The molecule has 2 rings (SSSR count). The predicted octanol–water partition coefficient (Wildman–Crippen LogP) is 5.13. The Morgan fingerprint density at radius 2 is 2.06 bits per heavy atom. The third kappa shape index (κ3) is 8.62. The number of methoxy groups -OCH3 is 1. The second kappa shape index (κ2) is 14.6. The van der Waals surface area contributed by atoms with Crippen LogP contribution in [0.1, 0.15) is 32.3 Å². The van der Waals surface area contributed by atoms with Gasteiger partial charge in [-0.05, 0) is 47.0 Å². The van der Waals surface area contributed by atoms with Gasteiger partial charge in [-0.2, -0.15) is 0 Å². The number of hydrogen-bond donors (Lipinski definition) is 2. The topological polar surface area (TPSA) is 134 Å². The van der Waals surface area contributed by atoms with Crippen molar-refractivity contribution in [1.29, 1.82) is 0 Å². The van der Waals surface area contributed by atoms with Crippen molar-refractivity contribution < 1.29 is 29.2 Å². The van der Waals surface area contributed by atoms with Crippen molar-refractivity contribution in [3.8, 4) is 16.2 Å². The second-order valence-electron chi connectivity index (χ2n) is 8.28. The number of aliphatic hydroxyl groups excluding tert-OH is 1. The van der Waals surface area contributed by atoms with Gasteiger partial charge in [0.2, 0.25) is 0 Å². The third-order valence-corrected chi connectivity index (χ3v) is 6.30. The van der Waals surface area contributed by atoms with Crippen molar-refractivity contribution in [3.05, 3.63) is 51.7 Å². The largest absolute Gasteiger partial charge is 0.493 e. The van der Waals surface area contributed by atoms with E-state index in [2.05, 4.69) is 10.0 Å². The molecule has 0 amide bonds. The molecule has 0 saturated carbocycles. The lowest BCUT2D eigenvalue weighted by Gasteiger charge is -2.23. The SMILES string of the molecule is COCCCOc1cc(COCC(N=[N+]=[N-])C(O)CC(C(=O)O)C(C)C)ccc1-c1cccs1. The fourth-order valence-corrected chi connectivity index (χ4v) is 4.21. The van der Waals surface area contributed by atoms with E-state index in [9.17, 15) is 15.0 Å². The Bertz CT molecular complexity index is 931. The maximum atomic E-state index is 11.4. The molecule has 0 spiro atoms. The van der Waals surface area contributed by atoms with Crippen LogP contribution >= 0.6 is 11.3 Å². The predicted molar refractivity (Wildman–Crippen MR) is 131 cm³/mol. The molecule has 9 nitrogen and oxygen atoms in total. The Hall–Kier alpha value is -2.62. The summed E-state index contributed by atoms with van der Waals surface area (Å²) < 4.78 is 16.8. The van der Waals surface area contributed by atoms with Crippen molar-refractivity contribution in [2.75, 3.05) is 26.9 Å². The smallest absolute Gasteiger partial charge is 0.306 e. The second-order valence-corrected chi connectivity index (χ2v) is 9.23. The lowest BCUT2D eigenvalue weighted by Crippen LogP contribution is -2.34. The summed E-state index contributed by atoms with van der Waals surface area (Å²) in [7, 11) is 1.65. The van der Waals surface area contributed by atoms with E-state index >= 15 is 0 Å². The van der Waals surface area contributed by atoms with Crippen molar-refractivity contribution in [1.82, 2.24) is 0 Å². The first-order valence-electron chi connectivity index (χ1n) is 11.2. The van der Waals surface area contributed by atoms with Gasteiger partial charge >= 0.3 is 5.97 Å². The van der Waals surface area contributed by atoms with E-state index in [1.807, 2.05) is 35.7 Å². The minimum absolute atomic E-state index is 0.0188. The van der Waals surface area contributed by atoms with Gasteiger partial charge in [0, 0.05) is 35.5 Å². The third-order valence-electron chi connectivity index (χ3n) is 5.40. The molecule has 186 valence electrons. The monoisotopic (exact) mass is 491 g/mol. The summed E-state index contributed by atoms with van der Waals surface area (Å²) >= 11 is 1.63. The molecule has 2 aromatic rings. The molecule has 34 heavy (non-hydrogen) atoms. The Morgan fingerprint density at radius 1 is 1.26 bits per heavy atom. The number of aliphatic hydroxyl groups is 1. The van der Waals surface area contributed by atoms with E-state index in [1.54, 1.807) is 32.3 Å². The van der Waals surface area contributed by atoms with Gasteiger partial charge in [0.05, 0.1) is 37.9 Å². The van der Waals surface area contributed by atoms with E-state index < -0.39 is 24.0 Å². The van der Waals surface area contributed by atoms with E-state index in [0.717, 1.165) is 28.2 Å². The summed E-state index contributed by atoms with van der Waals surface area (Å²) in [6.07, 6.45) is -0.379. The molecule has 3 unspecified atom stereocenters. The molecule has 10 heteroatoms. The molecular weight excluding hydrogens is 458 g/mol. The van der Waals surface area contributed by atoms with Gasteiger partial charge in [-0.1, -0.05) is 31.1 Å². The van der Waals surface area contributed by atoms with E-state index in [4.69, 9.17) is 19.7 Å². The first-order chi connectivity index (χ1) is 16.4. The number of nitrogens with zero attached hydrogens (tertiary/aromatic N) is 3.